The van der Waals surface area contributed by atoms with Crippen molar-refractivity contribution in [1.82, 2.24) is 0 Å². The number of ether oxygens (including phenoxy) is 1. The van der Waals surface area contributed by atoms with Gasteiger partial charge in [-0.3, -0.25) is 4.79 Å². The lowest BCUT2D eigenvalue weighted by Gasteiger charge is -2.16. The number of carboxylic acid groups (broad SMARTS) is 1. The Morgan fingerprint density at radius 2 is 1.61 bits per heavy atom. The minimum Gasteiger partial charge on any atom is -0.489 e. The molecule has 3 rings (SSSR count). The van der Waals surface area contributed by atoms with Gasteiger partial charge in [-0.15, -0.1) is 0 Å². The summed E-state index contributed by atoms with van der Waals surface area (Å²) in [5.41, 5.74) is 8.81. The van der Waals surface area contributed by atoms with Crippen LogP contribution in [0.2, 0.25) is 15.1 Å². The van der Waals surface area contributed by atoms with Crippen LogP contribution in [-0.4, -0.2) is 23.5 Å². The molecule has 0 radical (unpaired) electrons. The monoisotopic (exact) mass is 543 g/mol. The average Bonchev–Trinajstić information content (AvgIpc) is 2.83. The number of nitrogens with two attached hydrogens (primary N) is 1. The maximum absolute atomic E-state index is 12.9. The molecule has 3 aromatic carbocycles. The zero-order valence-electron chi connectivity index (χ0n) is 19.6. The van der Waals surface area contributed by atoms with Crippen molar-refractivity contribution in [2.75, 3.05) is 6.61 Å². The molecule has 0 aliphatic carbocycles. The molecule has 0 aliphatic heterocycles. The minimum atomic E-state index is -0.994. The SMILES string of the molecule is CC(C)C(=O)C(COc1ccc(/C=C/c2cccc(C(=O)O)c2)c(Cl)c1)=C(N)c1c(Cl)cccc1Cl. The van der Waals surface area contributed by atoms with Crippen molar-refractivity contribution in [3.63, 3.8) is 0 Å². The standard InChI is InChI=1S/C28H24Cl3NO4/c1-16(2)27(33)21(26(32)25-22(29)7-4-8-23(25)30)15-36-20-12-11-18(24(31)14-20)10-9-17-5-3-6-19(13-17)28(34)35/h3-14,16H,15,32H2,1-2H3,(H,34,35)/b10-9+,26-21?. The Kier molecular flexibility index (Phi) is 9.21. The number of halogens is 3. The van der Waals surface area contributed by atoms with Crippen molar-refractivity contribution in [3.8, 4) is 5.75 Å². The molecule has 5 nitrogen and oxygen atoms in total. The first-order chi connectivity index (χ1) is 17.1. The third-order valence-electron chi connectivity index (χ3n) is 5.32. The van der Waals surface area contributed by atoms with Gasteiger partial charge in [-0.25, -0.2) is 4.79 Å². The van der Waals surface area contributed by atoms with Crippen molar-refractivity contribution in [2.24, 2.45) is 11.7 Å². The average molecular weight is 545 g/mol. The Morgan fingerprint density at radius 1 is 0.944 bits per heavy atom. The molecule has 36 heavy (non-hydrogen) atoms. The molecule has 0 saturated carbocycles. The van der Waals surface area contributed by atoms with Crippen LogP contribution in [0.4, 0.5) is 0 Å². The molecular weight excluding hydrogens is 521 g/mol. The van der Waals surface area contributed by atoms with E-state index in [0.29, 0.717) is 31.9 Å². The lowest BCUT2D eigenvalue weighted by Crippen LogP contribution is -2.21. The molecule has 0 aromatic heterocycles. The summed E-state index contributed by atoms with van der Waals surface area (Å²) >= 11 is 19.0. The quantitative estimate of drug-likeness (QED) is 0.215. The Bertz CT molecular complexity index is 1340. The Balaban J connectivity index is 1.83. The van der Waals surface area contributed by atoms with Crippen molar-refractivity contribution in [2.45, 2.75) is 13.8 Å². The van der Waals surface area contributed by atoms with Gasteiger partial charge in [-0.2, -0.15) is 0 Å². The second kappa shape index (κ2) is 12.1. The summed E-state index contributed by atoms with van der Waals surface area (Å²) in [6.45, 7) is 3.44. The lowest BCUT2D eigenvalue weighted by atomic mass is 9.97. The van der Waals surface area contributed by atoms with Crippen LogP contribution < -0.4 is 10.5 Å². The van der Waals surface area contributed by atoms with Crippen LogP contribution in [0.15, 0.2) is 66.2 Å². The summed E-state index contributed by atoms with van der Waals surface area (Å²) in [4.78, 5) is 24.1. The van der Waals surface area contributed by atoms with Gasteiger partial charge in [0.1, 0.15) is 12.4 Å². The van der Waals surface area contributed by atoms with E-state index in [4.69, 9.17) is 50.4 Å². The highest BCUT2D eigenvalue weighted by Crippen LogP contribution is 2.32. The summed E-state index contributed by atoms with van der Waals surface area (Å²) in [5.74, 6) is -1.05. The highest BCUT2D eigenvalue weighted by molar-refractivity contribution is 6.37. The van der Waals surface area contributed by atoms with Crippen LogP contribution in [0.1, 0.15) is 40.9 Å². The molecule has 0 fully saturated rings. The van der Waals surface area contributed by atoms with Crippen LogP contribution >= 0.6 is 34.8 Å². The van der Waals surface area contributed by atoms with Crippen molar-refractivity contribution >= 4 is 64.4 Å². The van der Waals surface area contributed by atoms with E-state index >= 15 is 0 Å². The molecule has 0 saturated heterocycles. The van der Waals surface area contributed by atoms with E-state index in [9.17, 15) is 9.59 Å². The molecule has 0 unspecified atom stereocenters. The van der Waals surface area contributed by atoms with E-state index in [2.05, 4.69) is 0 Å². The third kappa shape index (κ3) is 6.70. The number of rotatable bonds is 9. The van der Waals surface area contributed by atoms with Gasteiger partial charge < -0.3 is 15.6 Å². The van der Waals surface area contributed by atoms with Crippen LogP contribution in [-0.2, 0) is 4.79 Å². The van der Waals surface area contributed by atoms with Gasteiger partial charge in [-0.1, -0.05) is 79.0 Å². The summed E-state index contributed by atoms with van der Waals surface area (Å²) in [5, 5.41) is 10.2. The molecule has 3 aromatic rings. The second-order valence-electron chi connectivity index (χ2n) is 8.24. The topological polar surface area (TPSA) is 89.6 Å². The number of benzene rings is 3. The van der Waals surface area contributed by atoms with Crippen molar-refractivity contribution in [3.05, 3.63) is 104 Å². The van der Waals surface area contributed by atoms with Gasteiger partial charge in [-0.05, 0) is 53.6 Å². The van der Waals surface area contributed by atoms with Gasteiger partial charge in [0, 0.05) is 11.5 Å². The van der Waals surface area contributed by atoms with Gasteiger partial charge in [0.2, 0.25) is 0 Å². The van der Waals surface area contributed by atoms with Crippen molar-refractivity contribution < 1.29 is 19.4 Å². The minimum absolute atomic E-state index is 0.0993. The summed E-state index contributed by atoms with van der Waals surface area (Å²) in [6, 6.07) is 16.7. The third-order valence-corrected chi connectivity index (χ3v) is 6.28. The lowest BCUT2D eigenvalue weighted by molar-refractivity contribution is -0.118. The van der Waals surface area contributed by atoms with Crippen LogP contribution in [0.5, 0.6) is 5.75 Å². The number of carbonyl (C=O) groups is 2. The van der Waals surface area contributed by atoms with Crippen molar-refractivity contribution in [1.29, 1.82) is 0 Å². The molecule has 186 valence electrons. The largest absolute Gasteiger partial charge is 0.489 e. The molecule has 3 N–H and O–H groups in total. The van der Waals surface area contributed by atoms with E-state index in [0.717, 1.165) is 5.56 Å². The molecule has 0 bridgehead atoms. The van der Waals surface area contributed by atoms with Gasteiger partial charge >= 0.3 is 5.97 Å². The number of carboxylic acids is 1. The van der Waals surface area contributed by atoms with Crippen LogP contribution in [0, 0.1) is 5.92 Å². The van der Waals surface area contributed by atoms with Gasteiger partial charge in [0.05, 0.1) is 31.9 Å². The van der Waals surface area contributed by atoms with Gasteiger partial charge in [0.15, 0.2) is 5.78 Å². The first-order valence-corrected chi connectivity index (χ1v) is 12.1. The highest BCUT2D eigenvalue weighted by Gasteiger charge is 2.21. The fraction of sp³-hybridized carbons (Fsp3) is 0.143. The van der Waals surface area contributed by atoms with Crippen LogP contribution in [0.3, 0.4) is 0 Å². The first-order valence-electron chi connectivity index (χ1n) is 11.0. The Hall–Kier alpha value is -3.25. The summed E-state index contributed by atoms with van der Waals surface area (Å²) in [6.07, 6.45) is 3.54. The maximum atomic E-state index is 12.9. The number of Topliss-reactive ketones (excluding diaryl/α,β-unsaturated/α-hetero) is 1. The number of aromatic carboxylic acids is 1. The molecule has 0 spiro atoms. The summed E-state index contributed by atoms with van der Waals surface area (Å²) < 4.78 is 5.88. The van der Waals surface area contributed by atoms with Gasteiger partial charge in [0.25, 0.3) is 0 Å². The first kappa shape index (κ1) is 27.3. The number of hydrogen-bond acceptors (Lipinski definition) is 4. The number of ketones is 1. The van der Waals surface area contributed by atoms with E-state index < -0.39 is 5.97 Å². The molecule has 0 atom stereocenters. The predicted molar refractivity (Wildman–Crippen MR) is 147 cm³/mol. The highest BCUT2D eigenvalue weighted by atomic mass is 35.5. The molecule has 8 heteroatoms. The Labute approximate surface area is 224 Å². The molecule has 0 heterocycles. The summed E-state index contributed by atoms with van der Waals surface area (Å²) in [7, 11) is 0. The molecular formula is C28H24Cl3NO4. The number of carbonyl (C=O) groups excluding carboxylic acids is 1. The maximum Gasteiger partial charge on any atom is 0.335 e. The fourth-order valence-electron chi connectivity index (χ4n) is 3.39. The Morgan fingerprint density at radius 3 is 2.22 bits per heavy atom. The van der Waals surface area contributed by atoms with E-state index in [1.165, 1.54) is 6.07 Å². The van der Waals surface area contributed by atoms with Crippen LogP contribution in [0.25, 0.3) is 17.8 Å². The fourth-order valence-corrected chi connectivity index (χ4v) is 4.22. The molecule has 0 aliphatic rings. The van der Waals surface area contributed by atoms with E-state index in [1.54, 1.807) is 80.6 Å². The van der Waals surface area contributed by atoms with E-state index in [-0.39, 0.29) is 35.1 Å². The normalized spacial score (nSPS) is 12.1. The second-order valence-corrected chi connectivity index (χ2v) is 9.47. The molecule has 0 amide bonds. The smallest absolute Gasteiger partial charge is 0.335 e. The zero-order chi connectivity index (χ0) is 26.4. The van der Waals surface area contributed by atoms with E-state index in [1.807, 2.05) is 0 Å². The zero-order valence-corrected chi connectivity index (χ0v) is 21.9. The predicted octanol–water partition coefficient (Wildman–Crippen LogP) is 7.49. The number of hydrogen-bond donors (Lipinski definition) is 2.